The summed E-state index contributed by atoms with van der Waals surface area (Å²) < 4.78 is 68.5. The molecule has 0 spiro atoms. The summed E-state index contributed by atoms with van der Waals surface area (Å²) in [6.45, 7) is 4.39. The number of aliphatic hydroxyl groups excluding tert-OH is 1. The van der Waals surface area contributed by atoms with Crippen molar-refractivity contribution in [2.24, 2.45) is 0 Å². The van der Waals surface area contributed by atoms with Gasteiger partial charge in [-0.25, -0.2) is 9.13 Å². The highest BCUT2D eigenvalue weighted by atomic mass is 31.2. The number of hydrogen-bond donors (Lipinski definition) is 3. The number of esters is 4. The zero-order chi connectivity index (χ0) is 77.4. The summed E-state index contributed by atoms with van der Waals surface area (Å²) in [4.78, 5) is 73.0. The van der Waals surface area contributed by atoms with Crippen LogP contribution < -0.4 is 0 Å². The van der Waals surface area contributed by atoms with Crippen LogP contribution in [0, 0.1) is 0 Å². The van der Waals surface area contributed by atoms with Gasteiger partial charge in [-0.15, -0.1) is 0 Å². The Bertz CT molecular complexity index is 2630. The van der Waals surface area contributed by atoms with Gasteiger partial charge < -0.3 is 33.8 Å². The van der Waals surface area contributed by atoms with E-state index in [4.69, 9.17) is 37.0 Å². The minimum atomic E-state index is -5.02. The zero-order valence-electron chi connectivity index (χ0n) is 66.1. The van der Waals surface area contributed by atoms with Gasteiger partial charge in [-0.05, 0) is 128 Å². The number of carbonyl (C=O) groups is 4. The van der Waals surface area contributed by atoms with Crippen LogP contribution in [0.4, 0.5) is 0 Å². The highest BCUT2D eigenvalue weighted by Gasteiger charge is 2.30. The molecule has 17 nitrogen and oxygen atoms in total. The highest BCUT2D eigenvalue weighted by Crippen LogP contribution is 2.45. The Balaban J connectivity index is 5.46. The van der Waals surface area contributed by atoms with Gasteiger partial charge in [0.15, 0.2) is 12.2 Å². The van der Waals surface area contributed by atoms with Gasteiger partial charge >= 0.3 is 39.5 Å². The first-order valence-corrected chi connectivity index (χ1v) is 43.7. The molecule has 0 aromatic carbocycles. The van der Waals surface area contributed by atoms with Crippen molar-refractivity contribution in [3.8, 4) is 0 Å². The molecule has 0 aliphatic rings. The second-order valence-electron chi connectivity index (χ2n) is 26.6. The molecule has 0 fully saturated rings. The van der Waals surface area contributed by atoms with E-state index >= 15 is 0 Å². The molecule has 0 rings (SSSR count). The fourth-order valence-corrected chi connectivity index (χ4v) is 12.0. The van der Waals surface area contributed by atoms with Gasteiger partial charge in [-0.3, -0.25) is 37.3 Å². The van der Waals surface area contributed by atoms with Crippen molar-refractivity contribution in [3.05, 3.63) is 158 Å². The van der Waals surface area contributed by atoms with E-state index in [0.717, 1.165) is 167 Å². The largest absolute Gasteiger partial charge is 0.472 e. The Morgan fingerprint density at radius 3 is 0.849 bits per heavy atom. The van der Waals surface area contributed by atoms with Crippen molar-refractivity contribution >= 4 is 39.5 Å². The average molecular weight is 1520 g/mol. The molecule has 0 aromatic heterocycles. The van der Waals surface area contributed by atoms with Crippen molar-refractivity contribution in [2.45, 2.75) is 329 Å². The quantitative estimate of drug-likeness (QED) is 0.0169. The maximum Gasteiger partial charge on any atom is 0.472 e. The molecule has 0 aliphatic carbocycles. The molecule has 0 heterocycles. The molecule has 0 saturated heterocycles. The molecule has 0 aromatic rings. The first kappa shape index (κ1) is 101. The topological polar surface area (TPSA) is 237 Å². The molecule has 106 heavy (non-hydrogen) atoms. The first-order valence-electron chi connectivity index (χ1n) is 40.7. The van der Waals surface area contributed by atoms with Crippen LogP contribution in [0.25, 0.3) is 0 Å². The van der Waals surface area contributed by atoms with E-state index in [1.165, 1.54) is 64.2 Å². The molecule has 0 amide bonds. The number of hydrogen-bond acceptors (Lipinski definition) is 15. The third-order valence-corrected chi connectivity index (χ3v) is 18.4. The standard InChI is InChI=1S/C87H144O17P2/c1-5-9-13-17-21-25-29-33-37-39-40-42-46-48-52-56-60-64-68-72-85(90)98-78-83(104-87(92)74-70-66-62-58-54-50-44-36-32-28-24-20-16-12-8-4)80-102-106(95,96)100-76-81(88)75-99-105(93,94)101-79-82(103-86(91)73-69-65-61-57-53-49-43-35-31-27-23-19-15-11-7-3)77-97-84(89)71-67-63-59-55-51-47-45-41-38-34-30-26-22-18-14-10-6-2/h9-10,12-14,16,21-22,24-26,28,33-34,36-38,40,42,44,48,52,54,58,66,70,81-83,88H,5-8,11,15,17-20,23,27,29-32,35,39,41,43,45-47,49-51,53,55-57,59-65,67-69,71-80H2,1-4H3,(H,93,94)(H,95,96)/b13-9-,14-10-,16-12-,25-21-,26-22-,28-24-,37-33-,38-34-,42-40-,44-36-,52-48-,58-54-,70-66-. The van der Waals surface area contributed by atoms with Crippen molar-refractivity contribution in [2.75, 3.05) is 39.6 Å². The Hall–Kier alpha value is -5.32. The smallest absolute Gasteiger partial charge is 0.462 e. The lowest BCUT2D eigenvalue weighted by Gasteiger charge is -2.21. The first-order chi connectivity index (χ1) is 51.7. The minimum Gasteiger partial charge on any atom is -0.462 e. The molecule has 19 heteroatoms. The van der Waals surface area contributed by atoms with E-state index in [1.54, 1.807) is 12.2 Å². The molecule has 604 valence electrons. The lowest BCUT2D eigenvalue weighted by atomic mass is 10.0. The molecule has 0 bridgehead atoms. The number of allylic oxidation sites excluding steroid dienone is 25. The van der Waals surface area contributed by atoms with Crippen LogP contribution in [0.15, 0.2) is 158 Å². The Morgan fingerprint density at radius 1 is 0.283 bits per heavy atom. The predicted octanol–water partition coefficient (Wildman–Crippen LogP) is 24.0. The molecule has 5 unspecified atom stereocenters. The number of phosphoric acid groups is 2. The molecule has 5 atom stereocenters. The van der Waals surface area contributed by atoms with E-state index in [2.05, 4.69) is 161 Å². The molecule has 0 saturated carbocycles. The number of phosphoric ester groups is 2. The lowest BCUT2D eigenvalue weighted by molar-refractivity contribution is -0.161. The van der Waals surface area contributed by atoms with Crippen molar-refractivity contribution in [3.63, 3.8) is 0 Å². The van der Waals surface area contributed by atoms with Crippen LogP contribution in [0.1, 0.15) is 310 Å². The molecular formula is C87H144O17P2. The summed E-state index contributed by atoms with van der Waals surface area (Å²) in [6, 6.07) is 0. The van der Waals surface area contributed by atoms with Gasteiger partial charge in [0, 0.05) is 19.3 Å². The highest BCUT2D eigenvalue weighted by molar-refractivity contribution is 7.47. The normalized spacial score (nSPS) is 14.7. The third-order valence-electron chi connectivity index (χ3n) is 16.5. The number of unbranched alkanes of at least 4 members (excludes halogenated alkanes) is 24. The van der Waals surface area contributed by atoms with Gasteiger partial charge in [0.2, 0.25) is 0 Å². The van der Waals surface area contributed by atoms with E-state index in [9.17, 15) is 43.2 Å². The fraction of sp³-hybridized carbons (Fsp3) is 0.655. The van der Waals surface area contributed by atoms with Crippen LogP contribution in [-0.4, -0.2) is 96.7 Å². The summed E-state index contributed by atoms with van der Waals surface area (Å²) in [5, 5.41) is 10.6. The number of ether oxygens (including phenoxy) is 4. The molecule has 0 aliphatic heterocycles. The van der Waals surface area contributed by atoms with E-state index in [1.807, 2.05) is 12.2 Å². The summed E-state index contributed by atoms with van der Waals surface area (Å²) >= 11 is 0. The summed E-state index contributed by atoms with van der Waals surface area (Å²) in [7, 11) is -10.0. The Morgan fingerprint density at radius 2 is 0.528 bits per heavy atom. The number of aliphatic hydroxyl groups is 1. The van der Waals surface area contributed by atoms with Gasteiger partial charge in [-0.1, -0.05) is 314 Å². The van der Waals surface area contributed by atoms with Crippen LogP contribution in [0.3, 0.4) is 0 Å². The van der Waals surface area contributed by atoms with Gasteiger partial charge in [0.25, 0.3) is 0 Å². The van der Waals surface area contributed by atoms with Crippen molar-refractivity contribution < 1.29 is 80.2 Å². The minimum absolute atomic E-state index is 0.0890. The van der Waals surface area contributed by atoms with Gasteiger partial charge in [0.05, 0.1) is 32.8 Å². The summed E-state index contributed by atoms with van der Waals surface area (Å²) in [5.41, 5.74) is 0. The van der Waals surface area contributed by atoms with E-state index in [0.29, 0.717) is 25.7 Å². The predicted molar refractivity (Wildman–Crippen MR) is 436 cm³/mol. The maximum absolute atomic E-state index is 13.1. The van der Waals surface area contributed by atoms with Crippen LogP contribution >= 0.6 is 15.6 Å². The SMILES string of the molecule is CC/C=C\C/C=C\C/C=C\C/C=C\C/C=C\CCCCCC(=O)OCC(COP(=O)(O)OCC(O)COP(=O)(O)OCC(COC(=O)CCCCCCCCC/C=C\C/C=C\C/C=C\CC)OC(=O)CCCCCCCCCCCCCCCCC)OC(=O)C/C=C\C/C=C\C/C=C\C/C=C\C/C=C\CC. The number of carbonyl (C=O) groups excluding carboxylic acids is 4. The van der Waals surface area contributed by atoms with Crippen molar-refractivity contribution in [1.82, 2.24) is 0 Å². The molecule has 3 N–H and O–H groups in total. The lowest BCUT2D eigenvalue weighted by Crippen LogP contribution is -2.30. The fourth-order valence-electron chi connectivity index (χ4n) is 10.5. The van der Waals surface area contributed by atoms with Crippen molar-refractivity contribution in [1.29, 1.82) is 0 Å². The number of rotatable bonds is 75. The Kier molecular flexibility index (Phi) is 73.9. The average Bonchev–Trinajstić information content (AvgIpc) is 0.909. The van der Waals surface area contributed by atoms with Crippen LogP contribution in [0.5, 0.6) is 0 Å². The molecule has 0 radical (unpaired) electrons. The molecular weight excluding hydrogens is 1380 g/mol. The zero-order valence-corrected chi connectivity index (χ0v) is 67.8. The van der Waals surface area contributed by atoms with E-state index in [-0.39, 0.29) is 25.7 Å². The maximum atomic E-state index is 13.1. The second kappa shape index (κ2) is 77.8. The van der Waals surface area contributed by atoms with Gasteiger partial charge in [0.1, 0.15) is 19.3 Å². The summed E-state index contributed by atoms with van der Waals surface area (Å²) in [6.07, 6.45) is 91.1. The van der Waals surface area contributed by atoms with Crippen LogP contribution in [0.2, 0.25) is 0 Å². The second-order valence-corrected chi connectivity index (χ2v) is 29.5. The monoisotopic (exact) mass is 1520 g/mol. The van der Waals surface area contributed by atoms with E-state index < -0.39 is 97.5 Å². The summed E-state index contributed by atoms with van der Waals surface area (Å²) in [5.74, 6) is -2.37. The van der Waals surface area contributed by atoms with Crippen LogP contribution in [-0.2, 0) is 65.4 Å². The van der Waals surface area contributed by atoms with Gasteiger partial charge in [-0.2, -0.15) is 0 Å². The Labute approximate surface area is 642 Å². The third kappa shape index (κ3) is 76.9.